The highest BCUT2D eigenvalue weighted by atomic mass is 32.1. The van der Waals surface area contributed by atoms with Crippen LogP contribution in [0.4, 0.5) is 11.4 Å². The molecule has 2 N–H and O–H groups in total. The van der Waals surface area contributed by atoms with E-state index in [9.17, 15) is 4.79 Å². The maximum absolute atomic E-state index is 12.0. The molecule has 5 heteroatoms. The number of amides is 1. The third-order valence-electron chi connectivity index (χ3n) is 3.85. The van der Waals surface area contributed by atoms with E-state index in [1.165, 1.54) is 30.1 Å². The molecule has 0 radical (unpaired) electrons. The molecule has 0 bridgehead atoms. The average molecular weight is 302 g/mol. The number of hydrogen-bond acceptors (Lipinski definition) is 3. The van der Waals surface area contributed by atoms with Gasteiger partial charge in [0.2, 0.25) is 0 Å². The van der Waals surface area contributed by atoms with E-state index in [1.807, 2.05) is 29.6 Å². The average Bonchev–Trinajstić information content (AvgIpc) is 3.03. The van der Waals surface area contributed by atoms with Crippen LogP contribution in [0, 0.1) is 0 Å². The van der Waals surface area contributed by atoms with Gasteiger partial charge in [-0.15, -0.1) is 11.3 Å². The van der Waals surface area contributed by atoms with Crippen LogP contribution >= 0.6 is 11.3 Å². The number of rotatable bonds is 3. The zero-order chi connectivity index (χ0) is 14.7. The van der Waals surface area contributed by atoms with Gasteiger partial charge >= 0.3 is 0 Å². The highest BCUT2D eigenvalue weighted by molar-refractivity contribution is 7.12. The van der Waals surface area contributed by atoms with Crippen molar-refractivity contribution in [3.8, 4) is 0 Å². The van der Waals surface area contributed by atoms with Gasteiger partial charge < -0.3 is 15.1 Å². The largest absolute Gasteiger partial charge is 0.360 e. The van der Waals surface area contributed by atoms with Crippen molar-refractivity contribution in [3.63, 3.8) is 0 Å². The van der Waals surface area contributed by atoms with Crippen molar-refractivity contribution in [2.24, 2.45) is 0 Å². The van der Waals surface area contributed by atoms with Crippen molar-refractivity contribution in [2.45, 2.75) is 0 Å². The van der Waals surface area contributed by atoms with E-state index in [1.54, 1.807) is 4.90 Å². The minimum atomic E-state index is -0.0408. The quantitative estimate of drug-likeness (QED) is 0.898. The molecule has 1 aromatic heterocycles. The molecule has 1 saturated heterocycles. The Labute approximate surface area is 129 Å². The normalized spacial score (nSPS) is 16.0. The molecule has 21 heavy (non-hydrogen) atoms. The fraction of sp³-hybridized carbons (Fsp3) is 0.312. The maximum Gasteiger partial charge on any atom is 0.265 e. The molecule has 1 amide bonds. The van der Waals surface area contributed by atoms with Crippen molar-refractivity contribution < 1.29 is 9.69 Å². The minimum absolute atomic E-state index is 0.0408. The van der Waals surface area contributed by atoms with Crippen LogP contribution in [0.15, 0.2) is 41.8 Å². The van der Waals surface area contributed by atoms with Gasteiger partial charge in [0.15, 0.2) is 0 Å². The summed E-state index contributed by atoms with van der Waals surface area (Å²) in [4.78, 5) is 16.7. The van der Waals surface area contributed by atoms with Crippen LogP contribution in [0.1, 0.15) is 9.67 Å². The third-order valence-corrected chi connectivity index (χ3v) is 4.72. The van der Waals surface area contributed by atoms with E-state index in [0.29, 0.717) is 0 Å². The van der Waals surface area contributed by atoms with E-state index >= 15 is 0 Å². The molecule has 0 atom stereocenters. The fourth-order valence-corrected chi connectivity index (χ4v) is 3.12. The molecule has 0 unspecified atom stereocenters. The third kappa shape index (κ3) is 3.43. The van der Waals surface area contributed by atoms with Gasteiger partial charge in [-0.3, -0.25) is 4.79 Å². The Kier molecular flexibility index (Phi) is 4.22. The lowest BCUT2D eigenvalue weighted by Gasteiger charge is -2.31. The number of piperazine rings is 1. The predicted molar refractivity (Wildman–Crippen MR) is 87.5 cm³/mol. The molecule has 0 aliphatic carbocycles. The van der Waals surface area contributed by atoms with Crippen molar-refractivity contribution >= 4 is 28.6 Å². The number of likely N-dealkylation sites (N-methyl/N-ethyl adjacent to an activating group) is 1. The first-order valence-electron chi connectivity index (χ1n) is 7.23. The second-order valence-electron chi connectivity index (χ2n) is 5.42. The topological polar surface area (TPSA) is 36.8 Å². The number of anilines is 2. The van der Waals surface area contributed by atoms with Crippen LogP contribution in [-0.4, -0.2) is 39.1 Å². The van der Waals surface area contributed by atoms with Crippen molar-refractivity contribution in [2.75, 3.05) is 43.4 Å². The highest BCUT2D eigenvalue weighted by Crippen LogP contribution is 2.19. The van der Waals surface area contributed by atoms with E-state index in [4.69, 9.17) is 0 Å². The van der Waals surface area contributed by atoms with E-state index in [-0.39, 0.29) is 5.91 Å². The Hall–Kier alpha value is -1.85. The van der Waals surface area contributed by atoms with Crippen LogP contribution < -0.4 is 15.1 Å². The van der Waals surface area contributed by atoms with Crippen LogP contribution in [0.25, 0.3) is 0 Å². The molecule has 0 spiro atoms. The maximum atomic E-state index is 12.0. The highest BCUT2D eigenvalue weighted by Gasteiger charge is 2.16. The van der Waals surface area contributed by atoms with Gasteiger partial charge in [-0.05, 0) is 35.7 Å². The van der Waals surface area contributed by atoms with Gasteiger partial charge in [0.25, 0.3) is 5.91 Å². The van der Waals surface area contributed by atoms with Gasteiger partial charge in [-0.25, -0.2) is 0 Å². The Balaban J connectivity index is 1.63. The second-order valence-corrected chi connectivity index (χ2v) is 6.37. The predicted octanol–water partition coefficient (Wildman–Crippen LogP) is 1.34. The number of thiophene rings is 1. The van der Waals surface area contributed by atoms with E-state index < -0.39 is 0 Å². The van der Waals surface area contributed by atoms with Gasteiger partial charge in [0, 0.05) is 11.4 Å². The monoisotopic (exact) mass is 302 g/mol. The van der Waals surface area contributed by atoms with Gasteiger partial charge in [-0.1, -0.05) is 6.07 Å². The summed E-state index contributed by atoms with van der Waals surface area (Å²) in [7, 11) is 2.24. The van der Waals surface area contributed by atoms with Gasteiger partial charge in [0.1, 0.15) is 0 Å². The summed E-state index contributed by atoms with van der Waals surface area (Å²) in [6.45, 7) is 4.53. The fourth-order valence-electron chi connectivity index (χ4n) is 2.50. The summed E-state index contributed by atoms with van der Waals surface area (Å²) in [5.41, 5.74) is 2.08. The molecule has 2 aromatic rings. The zero-order valence-corrected chi connectivity index (χ0v) is 13.0. The van der Waals surface area contributed by atoms with Crippen LogP contribution in [0.3, 0.4) is 0 Å². The molecule has 1 aromatic carbocycles. The lowest BCUT2D eigenvalue weighted by Crippen LogP contribution is -3.12. The smallest absolute Gasteiger partial charge is 0.265 e. The Morgan fingerprint density at radius 2 is 1.90 bits per heavy atom. The first-order chi connectivity index (χ1) is 10.2. The molecule has 2 heterocycles. The lowest BCUT2D eigenvalue weighted by atomic mass is 10.2. The van der Waals surface area contributed by atoms with Crippen molar-refractivity contribution in [1.29, 1.82) is 0 Å². The molecule has 3 rings (SSSR count). The number of quaternary nitrogens is 1. The summed E-state index contributed by atoms with van der Waals surface area (Å²) in [6, 6.07) is 11.9. The molecule has 1 aliphatic rings. The number of benzene rings is 1. The Morgan fingerprint density at radius 3 is 2.52 bits per heavy atom. The zero-order valence-electron chi connectivity index (χ0n) is 12.1. The summed E-state index contributed by atoms with van der Waals surface area (Å²) in [5.74, 6) is -0.0408. The van der Waals surface area contributed by atoms with Gasteiger partial charge in [-0.2, -0.15) is 0 Å². The Bertz CT molecular complexity index is 586. The van der Waals surface area contributed by atoms with Gasteiger partial charge in [0.05, 0.1) is 38.1 Å². The molecule has 4 nitrogen and oxygen atoms in total. The number of hydrogen-bond donors (Lipinski definition) is 2. The number of nitrogens with one attached hydrogen (secondary N) is 2. The second kappa shape index (κ2) is 6.28. The summed E-state index contributed by atoms with van der Waals surface area (Å²) < 4.78 is 0. The minimum Gasteiger partial charge on any atom is -0.360 e. The van der Waals surface area contributed by atoms with Crippen LogP contribution in [0.2, 0.25) is 0 Å². The number of nitrogens with zero attached hydrogens (tertiary/aromatic N) is 1. The van der Waals surface area contributed by atoms with Crippen molar-refractivity contribution in [1.82, 2.24) is 0 Å². The van der Waals surface area contributed by atoms with Crippen LogP contribution in [-0.2, 0) is 0 Å². The molecule has 110 valence electrons. The number of carbonyl (C=O) groups is 1. The summed E-state index contributed by atoms with van der Waals surface area (Å²) in [5, 5.41) is 4.84. The van der Waals surface area contributed by atoms with Crippen LogP contribution in [0.5, 0.6) is 0 Å². The lowest BCUT2D eigenvalue weighted by molar-refractivity contribution is -0.880. The number of carbonyl (C=O) groups excluding carboxylic acids is 1. The molecular weight excluding hydrogens is 282 g/mol. The molecule has 1 aliphatic heterocycles. The standard InChI is InChI=1S/C16H19N3OS/c1-18-8-10-19(11-9-18)14-6-4-13(5-7-14)17-16(20)15-3-2-12-21-15/h2-7,12H,8-11H2,1H3,(H,17,20)/p+1. The van der Waals surface area contributed by atoms with E-state index in [0.717, 1.165) is 23.7 Å². The summed E-state index contributed by atoms with van der Waals surface area (Å²) >= 11 is 1.45. The first-order valence-corrected chi connectivity index (χ1v) is 8.11. The molecule has 0 saturated carbocycles. The van der Waals surface area contributed by atoms with Crippen molar-refractivity contribution in [3.05, 3.63) is 46.7 Å². The SMILES string of the molecule is C[NH+]1CCN(c2ccc(NC(=O)c3cccs3)cc2)CC1. The Morgan fingerprint density at radius 1 is 1.19 bits per heavy atom. The molecule has 1 fully saturated rings. The van der Waals surface area contributed by atoms with E-state index in [2.05, 4.69) is 29.4 Å². The first kappa shape index (κ1) is 14.1. The molecular formula is C16H20N3OS+. The summed E-state index contributed by atoms with van der Waals surface area (Å²) in [6.07, 6.45) is 0.